The first-order chi connectivity index (χ1) is 6.02. The van der Waals surface area contributed by atoms with E-state index in [1.54, 1.807) is 0 Å². The van der Waals surface area contributed by atoms with Crippen LogP contribution in [0.5, 0.6) is 0 Å². The third-order valence-electron chi connectivity index (χ3n) is 1.42. The van der Waals surface area contributed by atoms with Gasteiger partial charge in [0.25, 0.3) is 5.69 Å². The van der Waals surface area contributed by atoms with Crippen LogP contribution >= 0.6 is 0 Å². The molecule has 0 fully saturated rings. The van der Waals surface area contributed by atoms with Crippen molar-refractivity contribution in [3.8, 4) is 0 Å². The van der Waals surface area contributed by atoms with Gasteiger partial charge in [-0.2, -0.15) is 0 Å². The third-order valence-corrected chi connectivity index (χ3v) is 1.42. The second-order valence-corrected chi connectivity index (χ2v) is 2.29. The number of rotatable bonds is 2. The molecule has 6 nitrogen and oxygen atoms in total. The molecule has 13 heavy (non-hydrogen) atoms. The minimum Gasteiger partial charge on any atom is -0.477 e. The lowest BCUT2D eigenvalue weighted by molar-refractivity contribution is -0.385. The number of carbonyl (C=O) groups is 1. The van der Waals surface area contributed by atoms with E-state index in [0.29, 0.717) is 0 Å². The average Bonchev–Trinajstić information content (AvgIpc) is 2.03. The lowest BCUT2D eigenvalue weighted by atomic mass is 10.1. The minimum atomic E-state index is -1.40. The molecule has 0 aliphatic rings. The lowest BCUT2D eigenvalue weighted by Crippen LogP contribution is -2.02. The first-order valence-electron chi connectivity index (χ1n) is 3.25. The highest BCUT2D eigenvalue weighted by Gasteiger charge is 2.19. The summed E-state index contributed by atoms with van der Waals surface area (Å²) < 4.78 is 0. The molecule has 0 heterocycles. The van der Waals surface area contributed by atoms with Crippen molar-refractivity contribution >= 4 is 17.3 Å². The monoisotopic (exact) mass is 181 g/mol. The van der Waals surface area contributed by atoms with Gasteiger partial charge in [-0.1, -0.05) is 0 Å². The highest BCUT2D eigenvalue weighted by Crippen LogP contribution is 2.21. The van der Waals surface area contributed by atoms with Crippen LogP contribution in [0.1, 0.15) is 10.4 Å². The van der Waals surface area contributed by atoms with E-state index in [1.807, 2.05) is 0 Å². The zero-order valence-electron chi connectivity index (χ0n) is 6.35. The molecule has 1 rings (SSSR count). The molecule has 0 amide bonds. The third kappa shape index (κ3) is 1.73. The van der Waals surface area contributed by atoms with Crippen LogP contribution in [0.2, 0.25) is 0 Å². The first-order valence-corrected chi connectivity index (χ1v) is 3.25. The molecular formula is C7H5N2O4. The fourth-order valence-corrected chi connectivity index (χ4v) is 0.867. The van der Waals surface area contributed by atoms with Crippen molar-refractivity contribution in [1.82, 2.24) is 5.73 Å². The van der Waals surface area contributed by atoms with Gasteiger partial charge in [0.2, 0.25) is 0 Å². The van der Waals surface area contributed by atoms with Crippen LogP contribution in [-0.4, -0.2) is 16.0 Å². The van der Waals surface area contributed by atoms with Crippen molar-refractivity contribution in [3.05, 3.63) is 33.9 Å². The Morgan fingerprint density at radius 2 is 2.15 bits per heavy atom. The van der Waals surface area contributed by atoms with Gasteiger partial charge in [-0.15, -0.1) is 0 Å². The van der Waals surface area contributed by atoms with Crippen LogP contribution in [0, 0.1) is 10.1 Å². The number of hydrogen-bond acceptors (Lipinski definition) is 3. The topological polar surface area (TPSA) is 104 Å². The molecule has 0 bridgehead atoms. The van der Waals surface area contributed by atoms with Crippen molar-refractivity contribution < 1.29 is 14.8 Å². The van der Waals surface area contributed by atoms with E-state index in [9.17, 15) is 14.9 Å². The van der Waals surface area contributed by atoms with E-state index in [4.69, 9.17) is 10.8 Å². The highest BCUT2D eigenvalue weighted by molar-refractivity contribution is 5.93. The van der Waals surface area contributed by atoms with E-state index in [2.05, 4.69) is 0 Å². The molecular weight excluding hydrogens is 176 g/mol. The molecule has 2 N–H and O–H groups in total. The van der Waals surface area contributed by atoms with Gasteiger partial charge in [0.1, 0.15) is 5.56 Å². The summed E-state index contributed by atoms with van der Waals surface area (Å²) in [7, 11) is 0. The SMILES string of the molecule is [NH]c1ccc([N+](=O)[O-])c(C(=O)O)c1. The van der Waals surface area contributed by atoms with Gasteiger partial charge in [-0.25, -0.2) is 4.79 Å². The van der Waals surface area contributed by atoms with Crippen molar-refractivity contribution in [1.29, 1.82) is 0 Å². The number of nitro groups is 1. The number of nitrogens with zero attached hydrogens (tertiary/aromatic N) is 1. The zero-order chi connectivity index (χ0) is 10.0. The van der Waals surface area contributed by atoms with Crippen LogP contribution in [0.15, 0.2) is 18.2 Å². The van der Waals surface area contributed by atoms with Gasteiger partial charge >= 0.3 is 5.97 Å². The molecule has 1 aromatic carbocycles. The molecule has 0 saturated carbocycles. The molecule has 6 heteroatoms. The predicted molar refractivity (Wildman–Crippen MR) is 42.8 cm³/mol. The van der Waals surface area contributed by atoms with Crippen LogP contribution in [0.4, 0.5) is 11.4 Å². The quantitative estimate of drug-likeness (QED) is 0.546. The van der Waals surface area contributed by atoms with Crippen LogP contribution in [0.25, 0.3) is 0 Å². The van der Waals surface area contributed by atoms with E-state index in [-0.39, 0.29) is 5.69 Å². The maximum absolute atomic E-state index is 10.5. The smallest absolute Gasteiger partial charge is 0.342 e. The maximum Gasteiger partial charge on any atom is 0.342 e. The normalized spacial score (nSPS) is 9.54. The van der Waals surface area contributed by atoms with Crippen LogP contribution in [0.3, 0.4) is 0 Å². The second kappa shape index (κ2) is 3.10. The second-order valence-electron chi connectivity index (χ2n) is 2.29. The zero-order valence-corrected chi connectivity index (χ0v) is 6.35. The molecule has 0 aliphatic carbocycles. The Morgan fingerprint density at radius 1 is 1.54 bits per heavy atom. The van der Waals surface area contributed by atoms with E-state index in [1.165, 1.54) is 6.07 Å². The van der Waals surface area contributed by atoms with Gasteiger partial charge in [0.05, 0.1) is 10.6 Å². The molecule has 1 aromatic rings. The molecule has 0 saturated heterocycles. The van der Waals surface area contributed by atoms with Gasteiger partial charge in [0, 0.05) is 6.07 Å². The fraction of sp³-hybridized carbons (Fsp3) is 0. The Kier molecular flexibility index (Phi) is 2.14. The average molecular weight is 181 g/mol. The van der Waals surface area contributed by atoms with Gasteiger partial charge in [-0.05, 0) is 12.1 Å². The standard InChI is InChI=1S/C7H5N2O4/c8-4-1-2-6(9(12)13)5(3-4)7(10)11/h1-3,8H,(H,10,11). The predicted octanol–water partition coefficient (Wildman–Crippen LogP) is 1.21. The molecule has 0 atom stereocenters. The van der Waals surface area contributed by atoms with Crippen LogP contribution in [-0.2, 0) is 0 Å². The van der Waals surface area contributed by atoms with Gasteiger partial charge < -0.3 is 10.8 Å². The summed E-state index contributed by atoms with van der Waals surface area (Å²) in [6, 6.07) is 3.12. The Bertz CT molecular complexity index is 375. The molecule has 0 aliphatic heterocycles. The number of aromatic carboxylic acids is 1. The maximum atomic E-state index is 10.5. The number of carboxylic acids is 1. The van der Waals surface area contributed by atoms with E-state index >= 15 is 0 Å². The fourth-order valence-electron chi connectivity index (χ4n) is 0.867. The van der Waals surface area contributed by atoms with E-state index in [0.717, 1.165) is 12.1 Å². The highest BCUT2D eigenvalue weighted by atomic mass is 16.6. The van der Waals surface area contributed by atoms with E-state index < -0.39 is 22.1 Å². The summed E-state index contributed by atoms with van der Waals surface area (Å²) in [4.78, 5) is 20.0. The summed E-state index contributed by atoms with van der Waals surface area (Å²) in [5.41, 5.74) is 6.06. The van der Waals surface area contributed by atoms with Crippen molar-refractivity contribution in [3.63, 3.8) is 0 Å². The molecule has 67 valence electrons. The van der Waals surface area contributed by atoms with Crippen molar-refractivity contribution in [2.45, 2.75) is 0 Å². The minimum absolute atomic E-state index is 0.0667. The number of nitrogens with one attached hydrogen (secondary N) is 1. The Labute approximate surface area is 72.7 Å². The Morgan fingerprint density at radius 3 is 2.62 bits per heavy atom. The summed E-state index contributed by atoms with van der Waals surface area (Å²) in [5, 5.41) is 18.9. The number of carboxylic acid groups (broad SMARTS) is 1. The summed E-state index contributed by atoms with van der Waals surface area (Å²) in [6.45, 7) is 0. The Balaban J connectivity index is 3.35. The molecule has 0 spiro atoms. The summed E-state index contributed by atoms with van der Waals surface area (Å²) in [5.74, 6) is -1.40. The van der Waals surface area contributed by atoms with Gasteiger partial charge in [-0.3, -0.25) is 10.1 Å². The molecule has 0 unspecified atom stereocenters. The number of nitro benzene ring substituents is 1. The van der Waals surface area contributed by atoms with Crippen molar-refractivity contribution in [2.24, 2.45) is 0 Å². The van der Waals surface area contributed by atoms with Crippen LogP contribution < -0.4 is 5.73 Å². The lowest BCUT2D eigenvalue weighted by Gasteiger charge is -1.97. The Hall–Kier alpha value is -2.11. The largest absolute Gasteiger partial charge is 0.477 e. The van der Waals surface area contributed by atoms with Crippen molar-refractivity contribution in [2.75, 3.05) is 0 Å². The first kappa shape index (κ1) is 8.98. The summed E-state index contributed by atoms with van der Waals surface area (Å²) in [6.07, 6.45) is 0. The van der Waals surface area contributed by atoms with Gasteiger partial charge in [0.15, 0.2) is 0 Å². The molecule has 0 aromatic heterocycles. The summed E-state index contributed by atoms with van der Waals surface area (Å²) >= 11 is 0. The number of benzene rings is 1. The molecule has 1 radical (unpaired) electrons. The number of hydrogen-bond donors (Lipinski definition) is 1.